The molecule has 0 saturated heterocycles. The normalized spacial score (nSPS) is 11.2. The Morgan fingerprint density at radius 1 is 0.900 bits per heavy atom. The predicted molar refractivity (Wildman–Crippen MR) is 104 cm³/mol. The number of alkyl halides is 3. The van der Waals surface area contributed by atoms with Crippen molar-refractivity contribution in [2.24, 2.45) is 0 Å². The number of carbonyl (C=O) groups excluding carboxylic acids is 2. The minimum absolute atomic E-state index is 0.0576. The number of carbonyl (C=O) groups is 2. The van der Waals surface area contributed by atoms with Crippen LogP contribution < -0.4 is 18.9 Å². The molecule has 3 rings (SSSR count). The van der Waals surface area contributed by atoms with Gasteiger partial charge in [0.1, 0.15) is 0 Å². The second-order valence-electron chi connectivity index (χ2n) is 5.64. The molecule has 0 saturated carbocycles. The molecule has 0 amide bonds. The van der Waals surface area contributed by atoms with Crippen molar-refractivity contribution in [3.63, 3.8) is 0 Å². The molecule has 0 bridgehead atoms. The molecule has 0 fully saturated rings. The highest BCUT2D eigenvalue weighted by molar-refractivity contribution is 7.26. The van der Waals surface area contributed by atoms with Gasteiger partial charge in [0, 0.05) is 22.9 Å². The van der Waals surface area contributed by atoms with Gasteiger partial charge in [0.25, 0.3) is 0 Å². The van der Waals surface area contributed by atoms with Crippen LogP contribution in [-0.4, -0.2) is 25.4 Å². The van der Waals surface area contributed by atoms with Gasteiger partial charge < -0.3 is 18.9 Å². The average molecular weight is 438 g/mol. The number of thiophene rings is 1. The van der Waals surface area contributed by atoms with Crippen LogP contribution in [0.5, 0.6) is 23.0 Å². The topological polar surface area (TPSA) is 71.1 Å². The third kappa shape index (κ3) is 4.08. The Morgan fingerprint density at radius 3 is 1.80 bits per heavy atom. The highest BCUT2D eigenvalue weighted by Gasteiger charge is 2.34. The molecule has 0 spiro atoms. The number of methoxy groups -OCH3 is 1. The number of hydrogen-bond acceptors (Lipinski definition) is 7. The number of rotatable bonds is 6. The Labute approximate surface area is 171 Å². The maximum atomic E-state index is 13.0. The predicted octanol–water partition coefficient (Wildman–Crippen LogP) is 5.14. The lowest BCUT2D eigenvalue weighted by Crippen LogP contribution is -2.18. The number of esters is 2. The first-order valence-corrected chi connectivity index (χ1v) is 9.00. The van der Waals surface area contributed by atoms with Gasteiger partial charge in [-0.05, 0) is 24.3 Å². The lowest BCUT2D eigenvalue weighted by molar-refractivity contribution is -0.274. The summed E-state index contributed by atoms with van der Waals surface area (Å²) in [5.74, 6) is -2.56. The molecule has 2 aromatic carbocycles. The van der Waals surface area contributed by atoms with Crippen LogP contribution in [0.25, 0.3) is 20.2 Å². The molecule has 0 radical (unpaired) electrons. The molecular weight excluding hydrogens is 425 g/mol. The fourth-order valence-electron chi connectivity index (χ4n) is 2.68. The molecule has 10 heteroatoms. The zero-order chi connectivity index (χ0) is 22.1. The molecule has 156 valence electrons. The summed E-state index contributed by atoms with van der Waals surface area (Å²) in [4.78, 5) is 23.1. The van der Waals surface area contributed by atoms with Gasteiger partial charge in [-0.2, -0.15) is 0 Å². The van der Waals surface area contributed by atoms with Crippen LogP contribution in [-0.2, 0) is 9.59 Å². The molecule has 0 aliphatic carbocycles. The number of hydrogen-bond donors (Lipinski definition) is 0. The first kappa shape index (κ1) is 21.2. The number of halogens is 3. The summed E-state index contributed by atoms with van der Waals surface area (Å²) in [5.41, 5.74) is 0. The van der Waals surface area contributed by atoms with E-state index in [2.05, 4.69) is 17.9 Å². The fourth-order valence-corrected chi connectivity index (χ4v) is 3.98. The van der Waals surface area contributed by atoms with Gasteiger partial charge in [-0.15, -0.1) is 24.5 Å². The van der Waals surface area contributed by atoms with E-state index in [0.29, 0.717) is 15.5 Å². The van der Waals surface area contributed by atoms with Crippen LogP contribution in [0.1, 0.15) is 0 Å². The van der Waals surface area contributed by atoms with Gasteiger partial charge in [-0.25, -0.2) is 9.59 Å². The molecule has 0 aliphatic heterocycles. The number of fused-ring (bicyclic) bond motifs is 3. The molecule has 0 atom stereocenters. The molecule has 30 heavy (non-hydrogen) atoms. The van der Waals surface area contributed by atoms with Crippen LogP contribution in [0.2, 0.25) is 0 Å². The van der Waals surface area contributed by atoms with E-state index >= 15 is 0 Å². The monoisotopic (exact) mass is 438 g/mol. The van der Waals surface area contributed by atoms with Gasteiger partial charge in [-0.3, -0.25) is 0 Å². The van der Waals surface area contributed by atoms with Crippen LogP contribution >= 0.6 is 11.3 Å². The Kier molecular flexibility index (Phi) is 5.70. The second kappa shape index (κ2) is 8.07. The summed E-state index contributed by atoms with van der Waals surface area (Å²) in [5, 5.41) is 0.923. The SMILES string of the molecule is C=CC(=O)Oc1ccc2c(sc3c(OC(F)(F)F)c(OC(=O)C=C)ccc32)c1OC. The third-order valence-corrected chi connectivity index (χ3v) is 5.04. The molecule has 1 aromatic heterocycles. The van der Waals surface area contributed by atoms with E-state index in [-0.39, 0.29) is 16.2 Å². The minimum atomic E-state index is -5.03. The van der Waals surface area contributed by atoms with Crippen molar-refractivity contribution in [2.75, 3.05) is 7.11 Å². The molecular formula is C20H13F3O6S. The largest absolute Gasteiger partial charge is 0.573 e. The molecule has 1 heterocycles. The maximum absolute atomic E-state index is 13.0. The van der Waals surface area contributed by atoms with Crippen molar-refractivity contribution in [1.82, 2.24) is 0 Å². The van der Waals surface area contributed by atoms with Crippen molar-refractivity contribution < 1.29 is 41.7 Å². The molecule has 0 aliphatic rings. The Hall–Kier alpha value is -3.53. The van der Waals surface area contributed by atoms with E-state index in [9.17, 15) is 22.8 Å². The summed E-state index contributed by atoms with van der Waals surface area (Å²) < 4.78 is 59.1. The van der Waals surface area contributed by atoms with Crippen molar-refractivity contribution in [3.05, 3.63) is 49.6 Å². The average Bonchev–Trinajstić information content (AvgIpc) is 3.07. The fraction of sp³-hybridized carbons (Fsp3) is 0.100. The van der Waals surface area contributed by atoms with Gasteiger partial charge >= 0.3 is 18.3 Å². The summed E-state index contributed by atoms with van der Waals surface area (Å²) in [6.07, 6.45) is -3.26. The zero-order valence-corrected chi connectivity index (χ0v) is 16.2. The number of ether oxygens (including phenoxy) is 4. The van der Waals surface area contributed by atoms with Gasteiger partial charge in [0.05, 0.1) is 16.5 Å². The lowest BCUT2D eigenvalue weighted by Gasteiger charge is -2.13. The van der Waals surface area contributed by atoms with Gasteiger partial charge in [-0.1, -0.05) is 13.2 Å². The van der Waals surface area contributed by atoms with Gasteiger partial charge in [0.15, 0.2) is 23.0 Å². The minimum Gasteiger partial charge on any atom is -0.491 e. The summed E-state index contributed by atoms with van der Waals surface area (Å²) in [6, 6.07) is 5.69. The quantitative estimate of drug-likeness (QED) is 0.301. The molecule has 6 nitrogen and oxygen atoms in total. The Balaban J connectivity index is 2.29. The van der Waals surface area contributed by atoms with Crippen LogP contribution in [0.4, 0.5) is 13.2 Å². The third-order valence-electron chi connectivity index (χ3n) is 3.82. The molecule has 0 unspecified atom stereocenters. The van der Waals surface area contributed by atoms with Crippen molar-refractivity contribution in [2.45, 2.75) is 6.36 Å². The molecule has 3 aromatic rings. The van der Waals surface area contributed by atoms with E-state index in [4.69, 9.17) is 14.2 Å². The van der Waals surface area contributed by atoms with Crippen LogP contribution in [0, 0.1) is 0 Å². The van der Waals surface area contributed by atoms with Gasteiger partial charge in [0.2, 0.25) is 0 Å². The Bertz CT molecular complexity index is 1180. The molecule has 0 N–H and O–H groups in total. The van der Waals surface area contributed by atoms with E-state index in [1.54, 1.807) is 6.07 Å². The smallest absolute Gasteiger partial charge is 0.491 e. The van der Waals surface area contributed by atoms with Crippen molar-refractivity contribution >= 4 is 43.4 Å². The highest BCUT2D eigenvalue weighted by Crippen LogP contribution is 2.50. The van der Waals surface area contributed by atoms with E-state index in [0.717, 1.165) is 23.5 Å². The van der Waals surface area contributed by atoms with Crippen molar-refractivity contribution in [1.29, 1.82) is 0 Å². The zero-order valence-electron chi connectivity index (χ0n) is 15.4. The standard InChI is InChI=1S/C20H13F3O6S/c1-4-14(24)27-12-8-6-10-11-7-9-13(28-15(25)5-2)17(29-20(21,22)23)19(11)30-18(10)16(12)26-3/h4-9H,1-2H2,3H3. The van der Waals surface area contributed by atoms with Crippen LogP contribution in [0.15, 0.2) is 49.6 Å². The van der Waals surface area contributed by atoms with Crippen LogP contribution in [0.3, 0.4) is 0 Å². The first-order valence-electron chi connectivity index (χ1n) is 8.19. The summed E-state index contributed by atoms with van der Waals surface area (Å²) in [7, 11) is 1.33. The highest BCUT2D eigenvalue weighted by atomic mass is 32.1. The maximum Gasteiger partial charge on any atom is 0.573 e. The van der Waals surface area contributed by atoms with Crippen molar-refractivity contribution in [3.8, 4) is 23.0 Å². The Morgan fingerprint density at radius 2 is 1.37 bits per heavy atom. The van der Waals surface area contributed by atoms with E-state index in [1.165, 1.54) is 25.3 Å². The lowest BCUT2D eigenvalue weighted by atomic mass is 10.1. The summed E-state index contributed by atoms with van der Waals surface area (Å²) >= 11 is 0.894. The number of benzene rings is 2. The van der Waals surface area contributed by atoms with E-state index in [1.807, 2.05) is 0 Å². The second-order valence-corrected chi connectivity index (χ2v) is 6.66. The van der Waals surface area contributed by atoms with E-state index < -0.39 is 29.8 Å². The summed E-state index contributed by atoms with van der Waals surface area (Å²) in [6.45, 7) is 6.53. The first-order chi connectivity index (χ1) is 14.2.